The van der Waals surface area contributed by atoms with Gasteiger partial charge in [-0.2, -0.15) is 0 Å². The molecule has 0 atom stereocenters. The fourth-order valence-electron chi connectivity index (χ4n) is 9.31. The second-order valence-corrected chi connectivity index (χ2v) is 17.1. The number of benzene rings is 8. The van der Waals surface area contributed by atoms with E-state index in [-0.39, 0.29) is 12.1 Å². The molecular weight excluding hydrogens is 721 g/mol. The van der Waals surface area contributed by atoms with Crippen LogP contribution in [0.25, 0.3) is 44.2 Å². The molecule has 0 aliphatic carbocycles. The maximum absolute atomic E-state index is 7.06. The molecule has 9 aromatic rings. The van der Waals surface area contributed by atoms with Gasteiger partial charge in [0.25, 0.3) is 6.71 Å². The third kappa shape index (κ3) is 5.83. The van der Waals surface area contributed by atoms with E-state index in [2.05, 4.69) is 203 Å². The largest absolute Gasteiger partial charge is 0.458 e. The molecular formula is C54H42BNO3. The van der Waals surface area contributed by atoms with Gasteiger partial charge in [0.2, 0.25) is 0 Å². The second kappa shape index (κ2) is 13.3. The zero-order valence-electron chi connectivity index (χ0n) is 33.8. The van der Waals surface area contributed by atoms with Gasteiger partial charge in [-0.05, 0) is 93.9 Å². The Morgan fingerprint density at radius 3 is 1.54 bits per heavy atom. The fraction of sp³-hybridized carbons (Fsp3) is 0.111. The lowest BCUT2D eigenvalue weighted by molar-refractivity contribution is 0.465. The Balaban J connectivity index is 1.16. The maximum atomic E-state index is 7.06. The molecule has 0 saturated heterocycles. The summed E-state index contributed by atoms with van der Waals surface area (Å²) in [5.74, 6) is 3.25. The van der Waals surface area contributed by atoms with Crippen LogP contribution in [0, 0.1) is 13.8 Å². The van der Waals surface area contributed by atoms with E-state index in [0.717, 1.165) is 101 Å². The molecule has 4 nitrogen and oxygen atoms in total. The third-order valence-corrected chi connectivity index (χ3v) is 12.0. The van der Waals surface area contributed by atoms with E-state index in [9.17, 15) is 0 Å². The topological polar surface area (TPSA) is 34.8 Å². The van der Waals surface area contributed by atoms with E-state index in [1.807, 2.05) is 0 Å². The van der Waals surface area contributed by atoms with Crippen molar-refractivity contribution in [3.63, 3.8) is 0 Å². The molecule has 0 spiro atoms. The molecule has 0 amide bonds. The van der Waals surface area contributed by atoms with Crippen LogP contribution in [-0.4, -0.2) is 6.71 Å². The van der Waals surface area contributed by atoms with E-state index in [0.29, 0.717) is 0 Å². The van der Waals surface area contributed by atoms with Crippen molar-refractivity contribution in [1.29, 1.82) is 0 Å². The predicted octanol–water partition coefficient (Wildman–Crippen LogP) is 13.0. The van der Waals surface area contributed by atoms with Gasteiger partial charge in [0.15, 0.2) is 5.58 Å². The third-order valence-electron chi connectivity index (χ3n) is 12.0. The maximum Gasteiger partial charge on any atom is 0.260 e. The van der Waals surface area contributed by atoms with Crippen molar-refractivity contribution in [2.75, 3.05) is 4.90 Å². The molecule has 0 N–H and O–H groups in total. The average Bonchev–Trinajstić information content (AvgIpc) is 3.63. The molecule has 11 rings (SSSR count). The number of rotatable bonds is 5. The summed E-state index contributed by atoms with van der Waals surface area (Å²) in [4.78, 5) is 2.31. The highest BCUT2D eigenvalue weighted by molar-refractivity contribution is 6.98. The number of hydrogen-bond acceptors (Lipinski definition) is 4. The lowest BCUT2D eigenvalue weighted by Gasteiger charge is -2.35. The number of ether oxygens (including phenoxy) is 2. The van der Waals surface area contributed by atoms with Crippen LogP contribution in [0.4, 0.5) is 17.1 Å². The van der Waals surface area contributed by atoms with Crippen LogP contribution in [0.3, 0.4) is 0 Å². The van der Waals surface area contributed by atoms with E-state index in [1.165, 1.54) is 16.7 Å². The summed E-state index contributed by atoms with van der Waals surface area (Å²) in [5.41, 5.74) is 15.9. The highest BCUT2D eigenvalue weighted by Gasteiger charge is 2.41. The summed E-state index contributed by atoms with van der Waals surface area (Å²) in [7, 11) is 0. The molecule has 2 aliphatic heterocycles. The molecule has 5 heteroatoms. The summed E-state index contributed by atoms with van der Waals surface area (Å²) in [5, 5.41) is 2.19. The van der Waals surface area contributed by atoms with Gasteiger partial charge >= 0.3 is 0 Å². The van der Waals surface area contributed by atoms with Crippen LogP contribution in [0.2, 0.25) is 0 Å². The van der Waals surface area contributed by atoms with Gasteiger partial charge in [-0.1, -0.05) is 142 Å². The first-order valence-corrected chi connectivity index (χ1v) is 20.4. The minimum absolute atomic E-state index is 0.0829. The summed E-state index contributed by atoms with van der Waals surface area (Å²) >= 11 is 0. The van der Waals surface area contributed by atoms with E-state index in [4.69, 9.17) is 13.9 Å². The Morgan fingerprint density at radius 2 is 0.983 bits per heavy atom. The van der Waals surface area contributed by atoms with Crippen LogP contribution >= 0.6 is 0 Å². The fourth-order valence-corrected chi connectivity index (χ4v) is 9.31. The Kier molecular flexibility index (Phi) is 7.93. The summed E-state index contributed by atoms with van der Waals surface area (Å²) in [6.45, 7) is 11.0. The first-order valence-electron chi connectivity index (χ1n) is 20.4. The smallest absolute Gasteiger partial charge is 0.260 e. The molecule has 0 radical (unpaired) electrons. The normalized spacial score (nSPS) is 12.7. The second-order valence-electron chi connectivity index (χ2n) is 17.1. The van der Waals surface area contributed by atoms with Gasteiger partial charge < -0.3 is 18.8 Å². The average molecular weight is 764 g/mol. The van der Waals surface area contributed by atoms with Crippen LogP contribution in [0.5, 0.6) is 23.0 Å². The summed E-state index contributed by atoms with van der Waals surface area (Å²) in [6.07, 6.45) is 0. The number of hydrogen-bond donors (Lipinski definition) is 0. The van der Waals surface area contributed by atoms with Gasteiger partial charge in [0.05, 0.1) is 11.4 Å². The van der Waals surface area contributed by atoms with Crippen molar-refractivity contribution in [1.82, 2.24) is 0 Å². The first kappa shape index (κ1) is 35.2. The minimum atomic E-state index is -0.0966. The van der Waals surface area contributed by atoms with Crippen molar-refractivity contribution in [3.05, 3.63) is 180 Å². The van der Waals surface area contributed by atoms with Gasteiger partial charge in [-0.15, -0.1) is 0 Å². The number of aryl methyl sites for hydroxylation is 2. The van der Waals surface area contributed by atoms with Crippen LogP contribution in [-0.2, 0) is 5.41 Å². The summed E-state index contributed by atoms with van der Waals surface area (Å²) in [6, 6.07) is 58.4. The van der Waals surface area contributed by atoms with Crippen molar-refractivity contribution >= 4 is 62.1 Å². The van der Waals surface area contributed by atoms with Gasteiger partial charge in [-0.3, -0.25) is 0 Å². The number of para-hydroxylation sites is 2. The Morgan fingerprint density at radius 1 is 0.458 bits per heavy atom. The first-order chi connectivity index (χ1) is 28.7. The Bertz CT molecular complexity index is 2990. The van der Waals surface area contributed by atoms with Gasteiger partial charge in [-0.25, -0.2) is 0 Å². The summed E-state index contributed by atoms with van der Waals surface area (Å²) < 4.78 is 21.1. The lowest BCUT2D eigenvalue weighted by Crippen LogP contribution is -2.57. The molecule has 0 fully saturated rings. The number of anilines is 3. The number of furan rings is 1. The quantitative estimate of drug-likeness (QED) is 0.164. The molecule has 59 heavy (non-hydrogen) atoms. The highest BCUT2D eigenvalue weighted by Crippen LogP contribution is 2.47. The van der Waals surface area contributed by atoms with E-state index < -0.39 is 0 Å². The van der Waals surface area contributed by atoms with Crippen LogP contribution in [0.15, 0.2) is 168 Å². The van der Waals surface area contributed by atoms with Crippen molar-refractivity contribution < 1.29 is 13.9 Å². The van der Waals surface area contributed by atoms with Crippen LogP contribution < -0.4 is 30.8 Å². The van der Waals surface area contributed by atoms with Crippen LogP contribution in [0.1, 0.15) is 37.5 Å². The van der Waals surface area contributed by atoms with E-state index >= 15 is 0 Å². The number of nitrogens with zero attached hydrogens (tertiary/aromatic N) is 1. The van der Waals surface area contributed by atoms with Crippen molar-refractivity contribution in [3.8, 4) is 45.3 Å². The molecule has 0 bridgehead atoms. The Labute approximate surface area is 345 Å². The van der Waals surface area contributed by atoms with Crippen molar-refractivity contribution in [2.45, 2.75) is 40.0 Å². The van der Waals surface area contributed by atoms with Crippen molar-refractivity contribution in [2.24, 2.45) is 0 Å². The molecule has 3 heterocycles. The molecule has 0 unspecified atom stereocenters. The SMILES string of the molecule is Cc1cc(C)cc(N(c2cc3c4c(c2)Oc2cc(-c5ccccc5)ccc2B4c2ccc(-c4ccccc4)cc2O3)c2cccc3c2oc2c(C(C)(C)C)cccc23)c1. The minimum Gasteiger partial charge on any atom is -0.458 e. The number of fused-ring (bicyclic) bond motifs is 7. The molecule has 284 valence electrons. The van der Waals surface area contributed by atoms with Gasteiger partial charge in [0.1, 0.15) is 28.6 Å². The molecule has 2 aliphatic rings. The van der Waals surface area contributed by atoms with Gasteiger partial charge in [0, 0.05) is 39.6 Å². The molecule has 0 saturated carbocycles. The standard InChI is InChI=1S/C54H42BNO3/c1-33-26-34(2)28-39(27-33)56(46-21-13-19-42-41-18-12-20-43(54(3,4)5)52(41)59-53(42)46)40-31-49-51-50(32-40)58-48-30-38(36-16-10-7-11-17-36)23-25-45(48)55(51)44-24-22-37(29-47(44)57-49)35-14-8-6-9-15-35/h6-32H,1-5H3. The zero-order chi connectivity index (χ0) is 40.0. The zero-order valence-corrected chi connectivity index (χ0v) is 33.8. The highest BCUT2D eigenvalue weighted by atomic mass is 16.5. The monoisotopic (exact) mass is 763 g/mol. The predicted molar refractivity (Wildman–Crippen MR) is 245 cm³/mol. The lowest BCUT2D eigenvalue weighted by atomic mass is 9.34. The van der Waals surface area contributed by atoms with E-state index in [1.54, 1.807) is 0 Å². The molecule has 1 aromatic heterocycles. The Hall–Kier alpha value is -6.98. The molecule has 8 aromatic carbocycles.